The quantitative estimate of drug-likeness (QED) is 0.721. The molecule has 7 heteroatoms. The molecule has 3 rings (SSSR count). The van der Waals surface area contributed by atoms with Gasteiger partial charge in [-0.3, -0.25) is 4.79 Å². The lowest BCUT2D eigenvalue weighted by Gasteiger charge is -2.15. The molecule has 1 aliphatic rings. The Hall–Kier alpha value is -2.22. The molecule has 0 aliphatic heterocycles. The average Bonchev–Trinajstić information content (AvgIpc) is 3.48. The molecule has 1 atom stereocenters. The van der Waals surface area contributed by atoms with Crippen LogP contribution in [0.15, 0.2) is 59.5 Å². The fourth-order valence-corrected chi connectivity index (χ4v) is 4.05. The van der Waals surface area contributed by atoms with E-state index in [1.165, 1.54) is 19.2 Å². The van der Waals surface area contributed by atoms with Crippen LogP contribution in [-0.4, -0.2) is 28.0 Å². The van der Waals surface area contributed by atoms with Crippen molar-refractivity contribution in [2.45, 2.75) is 29.2 Å². The summed E-state index contributed by atoms with van der Waals surface area (Å²) in [6, 6.07) is 15.2. The molecular weight excluding hydrogens is 352 g/mol. The van der Waals surface area contributed by atoms with Gasteiger partial charge in [0.15, 0.2) is 0 Å². The molecule has 0 radical (unpaired) electrons. The first kappa shape index (κ1) is 18.6. The molecule has 1 aliphatic carbocycles. The first-order valence-corrected chi connectivity index (χ1v) is 9.86. The molecule has 2 aromatic carbocycles. The number of nitrogens with two attached hydrogens (primary N) is 1. The first-order chi connectivity index (χ1) is 12.4. The summed E-state index contributed by atoms with van der Waals surface area (Å²) in [6.07, 6.45) is 1.44. The van der Waals surface area contributed by atoms with Gasteiger partial charge in [0.05, 0.1) is 17.4 Å². The first-order valence-electron chi connectivity index (χ1n) is 8.38. The molecule has 1 saturated carbocycles. The van der Waals surface area contributed by atoms with Crippen LogP contribution in [0, 0.1) is 0 Å². The maximum absolute atomic E-state index is 12.5. The topological polar surface area (TPSA) is 98.5 Å². The highest BCUT2D eigenvalue weighted by molar-refractivity contribution is 7.89. The summed E-state index contributed by atoms with van der Waals surface area (Å²) in [5.41, 5.74) is 7.07. The summed E-state index contributed by atoms with van der Waals surface area (Å²) in [4.78, 5) is 12.1. The van der Waals surface area contributed by atoms with Crippen LogP contribution in [0.5, 0.6) is 0 Å². The van der Waals surface area contributed by atoms with Gasteiger partial charge in [-0.15, -0.1) is 0 Å². The fourth-order valence-electron chi connectivity index (χ4n) is 2.99. The lowest BCUT2D eigenvalue weighted by Crippen LogP contribution is -2.32. The minimum atomic E-state index is -3.68. The van der Waals surface area contributed by atoms with Crippen molar-refractivity contribution in [2.24, 2.45) is 5.73 Å². The van der Waals surface area contributed by atoms with Crippen LogP contribution in [0.4, 0.5) is 0 Å². The van der Waals surface area contributed by atoms with E-state index < -0.39 is 21.5 Å². The van der Waals surface area contributed by atoms with Gasteiger partial charge in [0.2, 0.25) is 10.0 Å². The van der Waals surface area contributed by atoms with E-state index >= 15 is 0 Å². The Morgan fingerprint density at radius 3 is 2.31 bits per heavy atom. The van der Waals surface area contributed by atoms with Gasteiger partial charge in [-0.05, 0) is 36.1 Å². The van der Waals surface area contributed by atoms with Crippen molar-refractivity contribution >= 4 is 16.0 Å². The minimum absolute atomic E-state index is 0.0974. The van der Waals surface area contributed by atoms with Crippen LogP contribution < -0.4 is 10.5 Å². The standard InChI is InChI=1S/C19H22N2O4S/c1-25-18(22)19(11-12-19)15-7-9-16(10-8-15)26(23,24)21-13-17(20)14-5-3-2-4-6-14/h2-10,17,21H,11-13,20H2,1H3. The van der Waals surface area contributed by atoms with E-state index in [0.29, 0.717) is 0 Å². The second-order valence-corrected chi connectivity index (χ2v) is 8.23. The number of sulfonamides is 1. The summed E-state index contributed by atoms with van der Waals surface area (Å²) in [5, 5.41) is 0. The number of nitrogens with one attached hydrogen (secondary N) is 1. The normalized spacial score (nSPS) is 16.7. The third-order valence-corrected chi connectivity index (χ3v) is 6.20. The van der Waals surface area contributed by atoms with Crippen LogP contribution in [-0.2, 0) is 25.0 Å². The largest absolute Gasteiger partial charge is 0.468 e. The van der Waals surface area contributed by atoms with Crippen molar-refractivity contribution in [3.63, 3.8) is 0 Å². The van der Waals surface area contributed by atoms with Crippen molar-refractivity contribution in [2.75, 3.05) is 13.7 Å². The van der Waals surface area contributed by atoms with Crippen LogP contribution >= 0.6 is 0 Å². The summed E-state index contributed by atoms with van der Waals surface area (Å²) >= 11 is 0. The highest BCUT2D eigenvalue weighted by atomic mass is 32.2. The SMILES string of the molecule is COC(=O)C1(c2ccc(S(=O)(=O)NCC(N)c3ccccc3)cc2)CC1. The van der Waals surface area contributed by atoms with E-state index in [2.05, 4.69) is 4.72 Å². The molecular formula is C19H22N2O4S. The van der Waals surface area contributed by atoms with Crippen LogP contribution in [0.3, 0.4) is 0 Å². The molecule has 3 N–H and O–H groups in total. The lowest BCUT2D eigenvalue weighted by atomic mass is 9.96. The zero-order chi connectivity index (χ0) is 18.8. The van der Waals surface area contributed by atoms with Crippen molar-refractivity contribution in [3.05, 3.63) is 65.7 Å². The average molecular weight is 374 g/mol. The molecule has 1 fully saturated rings. The maximum Gasteiger partial charge on any atom is 0.316 e. The Labute approximate surface area is 153 Å². The van der Waals surface area contributed by atoms with E-state index in [1.54, 1.807) is 12.1 Å². The molecule has 6 nitrogen and oxygen atoms in total. The van der Waals surface area contributed by atoms with Crippen LogP contribution in [0.25, 0.3) is 0 Å². The number of hydrogen-bond acceptors (Lipinski definition) is 5. The summed E-state index contributed by atoms with van der Waals surface area (Å²) in [6.45, 7) is 0.0974. The Kier molecular flexibility index (Phi) is 5.13. The third kappa shape index (κ3) is 3.65. The van der Waals surface area contributed by atoms with Crippen LogP contribution in [0.1, 0.15) is 30.0 Å². The fraction of sp³-hybridized carbons (Fsp3) is 0.316. The van der Waals surface area contributed by atoms with Gasteiger partial charge >= 0.3 is 5.97 Å². The molecule has 0 heterocycles. The highest BCUT2D eigenvalue weighted by Gasteiger charge is 2.52. The minimum Gasteiger partial charge on any atom is -0.468 e. The van der Waals surface area contributed by atoms with Crippen molar-refractivity contribution in [1.82, 2.24) is 4.72 Å². The Balaban J connectivity index is 1.69. The molecule has 0 saturated heterocycles. The predicted octanol–water partition coefficient (Wildman–Crippen LogP) is 1.87. The van der Waals surface area contributed by atoms with Gasteiger partial charge < -0.3 is 10.5 Å². The number of esters is 1. The van der Waals surface area contributed by atoms with Crippen molar-refractivity contribution in [3.8, 4) is 0 Å². The number of methoxy groups -OCH3 is 1. The Morgan fingerprint density at radius 2 is 1.77 bits per heavy atom. The number of carbonyl (C=O) groups excluding carboxylic acids is 1. The predicted molar refractivity (Wildman–Crippen MR) is 97.9 cm³/mol. The van der Waals surface area contributed by atoms with E-state index in [-0.39, 0.29) is 17.4 Å². The molecule has 0 amide bonds. The molecule has 26 heavy (non-hydrogen) atoms. The smallest absolute Gasteiger partial charge is 0.316 e. The summed E-state index contributed by atoms with van der Waals surface area (Å²) in [7, 11) is -2.31. The van der Waals surface area contributed by atoms with E-state index in [1.807, 2.05) is 30.3 Å². The van der Waals surface area contributed by atoms with Crippen molar-refractivity contribution in [1.29, 1.82) is 0 Å². The number of ether oxygens (including phenoxy) is 1. The number of carbonyl (C=O) groups is 1. The van der Waals surface area contributed by atoms with Crippen LogP contribution in [0.2, 0.25) is 0 Å². The molecule has 1 unspecified atom stereocenters. The maximum atomic E-state index is 12.5. The summed E-state index contributed by atoms with van der Waals surface area (Å²) < 4.78 is 32.3. The Bertz CT molecular complexity index is 876. The molecule has 138 valence electrons. The van der Waals surface area contributed by atoms with E-state index in [0.717, 1.165) is 24.0 Å². The highest BCUT2D eigenvalue weighted by Crippen LogP contribution is 2.49. The monoisotopic (exact) mass is 374 g/mol. The van der Waals surface area contributed by atoms with E-state index in [4.69, 9.17) is 10.5 Å². The zero-order valence-electron chi connectivity index (χ0n) is 14.5. The second kappa shape index (κ2) is 7.19. The molecule has 0 aromatic heterocycles. The van der Waals surface area contributed by atoms with Gasteiger partial charge in [0.25, 0.3) is 0 Å². The molecule has 2 aromatic rings. The third-order valence-electron chi connectivity index (χ3n) is 4.76. The van der Waals surface area contributed by atoms with E-state index in [9.17, 15) is 13.2 Å². The Morgan fingerprint density at radius 1 is 1.15 bits per heavy atom. The van der Waals surface area contributed by atoms with Gasteiger partial charge in [0.1, 0.15) is 0 Å². The van der Waals surface area contributed by atoms with Crippen molar-refractivity contribution < 1.29 is 17.9 Å². The number of hydrogen-bond donors (Lipinski definition) is 2. The van der Waals surface area contributed by atoms with Gasteiger partial charge in [0, 0.05) is 12.6 Å². The lowest BCUT2D eigenvalue weighted by molar-refractivity contribution is -0.143. The molecule has 0 spiro atoms. The van der Waals surface area contributed by atoms with Gasteiger partial charge in [-0.25, -0.2) is 13.1 Å². The van der Waals surface area contributed by atoms with Gasteiger partial charge in [-0.1, -0.05) is 42.5 Å². The van der Waals surface area contributed by atoms with Gasteiger partial charge in [-0.2, -0.15) is 0 Å². The zero-order valence-corrected chi connectivity index (χ0v) is 15.3. The number of rotatable bonds is 7. The summed E-state index contributed by atoms with van der Waals surface area (Å²) in [5.74, 6) is -0.278. The second-order valence-electron chi connectivity index (χ2n) is 6.47. The number of benzene rings is 2. The molecule has 0 bridgehead atoms.